The van der Waals surface area contributed by atoms with Gasteiger partial charge >= 0.3 is 0 Å². The van der Waals surface area contributed by atoms with Crippen LogP contribution in [0.1, 0.15) is 146 Å². The predicted octanol–water partition coefficient (Wildman–Crippen LogP) is 22.5. The van der Waals surface area contributed by atoms with Crippen LogP contribution in [0.4, 0.5) is 0 Å². The molecule has 422 valence electrons. The summed E-state index contributed by atoms with van der Waals surface area (Å²) in [5.74, 6) is 0. The van der Waals surface area contributed by atoms with E-state index in [4.69, 9.17) is 0 Å². The highest BCUT2D eigenvalue weighted by Crippen LogP contribution is 2.63. The van der Waals surface area contributed by atoms with Crippen molar-refractivity contribution in [2.45, 2.75) is 101 Å². The second kappa shape index (κ2) is 18.1. The highest BCUT2D eigenvalue weighted by Gasteiger charge is 2.50. The van der Waals surface area contributed by atoms with Gasteiger partial charge in [-0.25, -0.2) is 0 Å². The zero-order valence-corrected chi connectivity index (χ0v) is 50.6. The summed E-state index contributed by atoms with van der Waals surface area (Å²) in [6.45, 7) is 9.50. The molecule has 6 aliphatic carbocycles. The van der Waals surface area contributed by atoms with E-state index in [1.807, 2.05) is 0 Å². The lowest BCUT2D eigenvalue weighted by atomic mass is 9.74. The fourth-order valence-corrected chi connectivity index (χ4v) is 18.5. The van der Waals surface area contributed by atoms with Crippen LogP contribution in [0.15, 0.2) is 218 Å². The van der Waals surface area contributed by atoms with Gasteiger partial charge in [-0.3, -0.25) is 0 Å². The van der Waals surface area contributed by atoms with Crippen LogP contribution in [0, 0.1) is 0 Å². The Morgan fingerprint density at radius 2 is 0.591 bits per heavy atom. The third-order valence-electron chi connectivity index (χ3n) is 22.8. The van der Waals surface area contributed by atoms with Crippen LogP contribution >= 0.6 is 0 Å². The molecule has 11 aromatic carbocycles. The van der Waals surface area contributed by atoms with Gasteiger partial charge in [-0.2, -0.15) is 0 Å². The molecule has 88 heavy (non-hydrogen) atoms. The van der Waals surface area contributed by atoms with E-state index < -0.39 is 0 Å². The highest BCUT2D eigenvalue weighted by atomic mass is 15.0. The number of rotatable bonds is 6. The van der Waals surface area contributed by atoms with Gasteiger partial charge in [0.25, 0.3) is 0 Å². The minimum atomic E-state index is -0.0609. The van der Waals surface area contributed by atoms with Crippen LogP contribution in [0.5, 0.6) is 0 Å². The molecule has 0 aliphatic heterocycles. The maximum Gasteiger partial charge on any atom is 0.0541 e. The topological polar surface area (TPSA) is 9.86 Å². The number of hydrogen-bond acceptors (Lipinski definition) is 0. The summed E-state index contributed by atoms with van der Waals surface area (Å²) in [7, 11) is 0. The Morgan fingerprint density at radius 1 is 0.261 bits per heavy atom. The summed E-state index contributed by atoms with van der Waals surface area (Å²) in [6.07, 6.45) is 19.4. The maximum atomic E-state index is 2.70. The number of nitrogens with zero attached hydrogens (tertiary/aromatic N) is 2. The number of fused-ring (bicyclic) bond motifs is 22. The molecule has 2 heteroatoms. The summed E-state index contributed by atoms with van der Waals surface area (Å²) in [6, 6.07) is 84.5. The largest absolute Gasteiger partial charge is 0.309 e. The van der Waals surface area contributed by atoms with Gasteiger partial charge in [0, 0.05) is 54.6 Å². The smallest absolute Gasteiger partial charge is 0.0541 e. The van der Waals surface area contributed by atoms with E-state index in [9.17, 15) is 0 Å². The average molecular weight is 1130 g/mol. The fraction of sp³-hybridized carbons (Fsp3) is 0.186. The Morgan fingerprint density at radius 3 is 1.03 bits per heavy atom. The van der Waals surface area contributed by atoms with Crippen molar-refractivity contribution in [3.05, 3.63) is 285 Å². The fourth-order valence-electron chi connectivity index (χ4n) is 18.5. The molecular formula is C86H68N2. The Kier molecular flexibility index (Phi) is 10.4. The summed E-state index contributed by atoms with van der Waals surface area (Å²) < 4.78 is 4.96. The van der Waals surface area contributed by atoms with Crippen LogP contribution in [-0.4, -0.2) is 9.13 Å². The molecule has 0 saturated heterocycles. The van der Waals surface area contributed by atoms with Crippen molar-refractivity contribution in [3.63, 3.8) is 0 Å². The minimum absolute atomic E-state index is 0.0478. The standard InChI is InChI=1S/C86H68N2/c1-83(2)71-21-9-5-17-59(71)61-37-33-57(49-73(61)83)87-79-23-11-7-19-65(79)69-45-53(31-39-81(69)87)25-27-55-29-35-63-67-51-78-68(52-77(67)85(75(63)47-55)41-13-14-42-85)64-36-30-56(48-76(64)86(78)43-15-16-44-86)28-26-54-32-40-82-70(46-54)66-20-8-12-24-80(66)88(82)58-34-38-62-60-18-6-10-22-72(60)84(3,4)74(62)50-58/h5-12,17-40,45-52H,13-16,41-44H2,1-4H3/b27-25+,28-26+. The van der Waals surface area contributed by atoms with Crippen LogP contribution in [0.3, 0.4) is 0 Å². The van der Waals surface area contributed by atoms with E-state index >= 15 is 0 Å². The van der Waals surface area contributed by atoms with E-state index in [2.05, 4.69) is 280 Å². The summed E-state index contributed by atoms with van der Waals surface area (Å²) in [5, 5.41) is 5.14. The Hall–Kier alpha value is -9.50. The lowest BCUT2D eigenvalue weighted by Gasteiger charge is -2.29. The number of benzene rings is 11. The minimum Gasteiger partial charge on any atom is -0.309 e. The molecule has 2 saturated carbocycles. The number of aromatic nitrogens is 2. The van der Waals surface area contributed by atoms with E-state index in [-0.39, 0.29) is 21.7 Å². The van der Waals surface area contributed by atoms with Crippen LogP contribution in [-0.2, 0) is 21.7 Å². The highest BCUT2D eigenvalue weighted by molar-refractivity contribution is 6.11. The van der Waals surface area contributed by atoms with Crippen molar-refractivity contribution in [1.82, 2.24) is 9.13 Å². The molecule has 2 aromatic heterocycles. The molecule has 0 bridgehead atoms. The normalized spacial score (nSPS) is 17.2. The van der Waals surface area contributed by atoms with Gasteiger partial charge in [0.1, 0.15) is 0 Å². The molecule has 2 fully saturated rings. The van der Waals surface area contributed by atoms with Gasteiger partial charge in [0.15, 0.2) is 0 Å². The molecular weight excluding hydrogens is 1060 g/mol. The Bertz CT molecular complexity index is 4950. The van der Waals surface area contributed by atoms with Crippen molar-refractivity contribution in [2.75, 3.05) is 0 Å². The van der Waals surface area contributed by atoms with Gasteiger partial charge < -0.3 is 9.13 Å². The second-order valence-electron chi connectivity index (χ2n) is 27.9. The molecule has 2 nitrogen and oxygen atoms in total. The summed E-state index contributed by atoms with van der Waals surface area (Å²) in [5.41, 5.74) is 35.6. The van der Waals surface area contributed by atoms with Crippen molar-refractivity contribution < 1.29 is 0 Å². The third kappa shape index (κ3) is 6.84. The monoisotopic (exact) mass is 1130 g/mol. The van der Waals surface area contributed by atoms with Gasteiger partial charge in [0.05, 0.1) is 22.1 Å². The average Bonchev–Trinajstić information content (AvgIpc) is 1.88. The molecule has 0 unspecified atom stereocenters. The van der Waals surface area contributed by atoms with Gasteiger partial charge in [-0.05, 0) is 210 Å². The van der Waals surface area contributed by atoms with Gasteiger partial charge in [0.2, 0.25) is 0 Å². The first-order valence-corrected chi connectivity index (χ1v) is 32.5. The van der Waals surface area contributed by atoms with Crippen LogP contribution in [0.2, 0.25) is 0 Å². The van der Waals surface area contributed by atoms with E-state index in [1.54, 1.807) is 22.3 Å². The molecule has 0 amide bonds. The van der Waals surface area contributed by atoms with Crippen molar-refractivity contribution >= 4 is 67.9 Å². The molecule has 2 heterocycles. The quantitative estimate of drug-likeness (QED) is 0.147. The molecule has 6 aliphatic rings. The third-order valence-corrected chi connectivity index (χ3v) is 22.8. The van der Waals surface area contributed by atoms with Crippen LogP contribution in [0.25, 0.3) is 124 Å². The van der Waals surface area contributed by atoms with Crippen LogP contribution < -0.4 is 0 Å². The van der Waals surface area contributed by atoms with E-state index in [1.165, 1.54) is 195 Å². The zero-order valence-electron chi connectivity index (χ0n) is 50.6. The Balaban J connectivity index is 0.634. The number of hydrogen-bond donors (Lipinski definition) is 0. The molecule has 2 spiro atoms. The van der Waals surface area contributed by atoms with Gasteiger partial charge in [-0.1, -0.05) is 223 Å². The SMILES string of the molecule is CC1(C)c2ccccc2-c2ccc(-n3c4ccccc4c4cc(/C=C/c5ccc6c(c5)C5(CCCC5)c5cc7c(cc5-6)C5(CCCC5)c5cc(/C=C/c6ccc8c(c6)c6ccccc6n8-c6ccc8c(c6)C(C)(C)c6ccccc6-8)ccc5-7)ccc43)cc21. The van der Waals surface area contributed by atoms with Crippen molar-refractivity contribution in [2.24, 2.45) is 0 Å². The summed E-state index contributed by atoms with van der Waals surface area (Å²) in [4.78, 5) is 0. The maximum absolute atomic E-state index is 2.70. The lowest BCUT2D eigenvalue weighted by molar-refractivity contribution is 0.543. The van der Waals surface area contributed by atoms with Gasteiger partial charge in [-0.15, -0.1) is 0 Å². The van der Waals surface area contributed by atoms with Crippen molar-refractivity contribution in [1.29, 1.82) is 0 Å². The second-order valence-corrected chi connectivity index (χ2v) is 27.9. The molecule has 13 aromatic rings. The van der Waals surface area contributed by atoms with Crippen molar-refractivity contribution in [3.8, 4) is 55.9 Å². The first-order chi connectivity index (χ1) is 43.1. The summed E-state index contributed by atoms with van der Waals surface area (Å²) >= 11 is 0. The number of para-hydroxylation sites is 2. The van der Waals surface area contributed by atoms with E-state index in [0.717, 1.165) is 0 Å². The first-order valence-electron chi connectivity index (χ1n) is 32.5. The molecule has 0 N–H and O–H groups in total. The first kappa shape index (κ1) is 50.6. The Labute approximate surface area is 515 Å². The zero-order chi connectivity index (χ0) is 58.4. The molecule has 19 rings (SSSR count). The molecule has 0 radical (unpaired) electrons. The lowest BCUT2D eigenvalue weighted by Crippen LogP contribution is -2.22. The molecule has 0 atom stereocenters. The van der Waals surface area contributed by atoms with E-state index in [0.29, 0.717) is 0 Å². The predicted molar refractivity (Wildman–Crippen MR) is 370 cm³/mol.